The maximum atomic E-state index is 13.2. The first-order chi connectivity index (χ1) is 10.8. The highest BCUT2D eigenvalue weighted by Gasteiger charge is 2.11. The molecule has 22 heavy (non-hydrogen) atoms. The van der Waals surface area contributed by atoms with Gasteiger partial charge in [0.2, 0.25) is 11.7 Å². The summed E-state index contributed by atoms with van der Waals surface area (Å²) >= 11 is 1.55. The van der Waals surface area contributed by atoms with Gasteiger partial charge in [-0.25, -0.2) is 4.39 Å². The van der Waals surface area contributed by atoms with Gasteiger partial charge in [0.1, 0.15) is 11.6 Å². The van der Waals surface area contributed by atoms with Gasteiger partial charge in [-0.3, -0.25) is 0 Å². The van der Waals surface area contributed by atoms with Crippen LogP contribution in [0, 0.1) is 5.82 Å². The molecule has 0 spiro atoms. The first kappa shape index (κ1) is 14.5. The zero-order valence-electron chi connectivity index (χ0n) is 11.9. The number of thiophene rings is 1. The highest BCUT2D eigenvalue weighted by atomic mass is 32.1. The number of anilines is 1. The lowest BCUT2D eigenvalue weighted by atomic mass is 10.3. The Morgan fingerprint density at radius 3 is 3.05 bits per heavy atom. The minimum atomic E-state index is -0.341. The van der Waals surface area contributed by atoms with Crippen molar-refractivity contribution in [2.45, 2.75) is 13.5 Å². The molecule has 0 fully saturated rings. The van der Waals surface area contributed by atoms with Crippen molar-refractivity contribution >= 4 is 17.0 Å². The molecule has 2 heterocycles. The van der Waals surface area contributed by atoms with E-state index in [2.05, 4.69) is 15.5 Å². The minimum absolute atomic E-state index is 0.337. The van der Waals surface area contributed by atoms with E-state index >= 15 is 0 Å². The van der Waals surface area contributed by atoms with E-state index in [9.17, 15) is 4.39 Å². The Bertz CT molecular complexity index is 743. The van der Waals surface area contributed by atoms with Crippen molar-refractivity contribution < 1.29 is 13.7 Å². The Morgan fingerprint density at radius 1 is 1.36 bits per heavy atom. The smallest absolute Gasteiger partial charge is 0.246 e. The van der Waals surface area contributed by atoms with E-state index in [4.69, 9.17) is 9.26 Å². The second kappa shape index (κ2) is 6.57. The second-order valence-electron chi connectivity index (χ2n) is 4.42. The average Bonchev–Trinajstić information content (AvgIpc) is 3.18. The van der Waals surface area contributed by atoms with Gasteiger partial charge in [-0.05, 0) is 30.5 Å². The number of aromatic nitrogens is 2. The van der Waals surface area contributed by atoms with Crippen LogP contribution in [-0.4, -0.2) is 16.7 Å². The fourth-order valence-corrected chi connectivity index (χ4v) is 2.57. The van der Waals surface area contributed by atoms with Gasteiger partial charge < -0.3 is 14.6 Å². The van der Waals surface area contributed by atoms with Crippen LogP contribution >= 0.6 is 11.3 Å². The molecule has 0 saturated heterocycles. The average molecular weight is 319 g/mol. The number of hydrogen-bond donors (Lipinski definition) is 1. The Hall–Kier alpha value is -2.41. The quantitative estimate of drug-likeness (QED) is 0.745. The summed E-state index contributed by atoms with van der Waals surface area (Å²) in [4.78, 5) is 5.27. The van der Waals surface area contributed by atoms with E-state index < -0.39 is 0 Å². The summed E-state index contributed by atoms with van der Waals surface area (Å²) in [5, 5.41) is 9.01. The van der Waals surface area contributed by atoms with Gasteiger partial charge in [0.25, 0.3) is 0 Å². The summed E-state index contributed by atoms with van der Waals surface area (Å²) in [7, 11) is 0. The Balaban J connectivity index is 1.70. The molecule has 0 bridgehead atoms. The SMILES string of the molecule is CCOc1cc(F)ccc1NCc1nc(-c2cccs2)no1. The van der Waals surface area contributed by atoms with Crippen LogP contribution in [0.25, 0.3) is 10.7 Å². The van der Waals surface area contributed by atoms with E-state index in [1.54, 1.807) is 17.4 Å². The first-order valence-corrected chi connectivity index (χ1v) is 7.67. The third-order valence-corrected chi connectivity index (χ3v) is 3.75. The van der Waals surface area contributed by atoms with E-state index in [1.807, 2.05) is 24.4 Å². The molecule has 1 N–H and O–H groups in total. The Morgan fingerprint density at radius 2 is 2.27 bits per heavy atom. The summed E-state index contributed by atoms with van der Waals surface area (Å²) in [6.45, 7) is 2.64. The maximum absolute atomic E-state index is 13.2. The molecule has 0 aliphatic carbocycles. The topological polar surface area (TPSA) is 60.2 Å². The number of rotatable bonds is 6. The highest BCUT2D eigenvalue weighted by Crippen LogP contribution is 2.26. The summed E-state index contributed by atoms with van der Waals surface area (Å²) in [6.07, 6.45) is 0. The predicted molar refractivity (Wildman–Crippen MR) is 82.5 cm³/mol. The molecule has 0 unspecified atom stereocenters. The maximum Gasteiger partial charge on any atom is 0.246 e. The molecule has 0 aliphatic heterocycles. The Kier molecular flexibility index (Phi) is 4.34. The molecule has 7 heteroatoms. The summed E-state index contributed by atoms with van der Waals surface area (Å²) in [5.41, 5.74) is 0.680. The lowest BCUT2D eigenvalue weighted by molar-refractivity contribution is 0.339. The normalized spacial score (nSPS) is 10.6. The van der Waals surface area contributed by atoms with E-state index in [1.165, 1.54) is 12.1 Å². The first-order valence-electron chi connectivity index (χ1n) is 6.79. The van der Waals surface area contributed by atoms with Gasteiger partial charge in [-0.15, -0.1) is 11.3 Å². The van der Waals surface area contributed by atoms with Crippen molar-refractivity contribution in [2.24, 2.45) is 0 Å². The van der Waals surface area contributed by atoms with Crippen molar-refractivity contribution in [3.05, 3.63) is 47.4 Å². The van der Waals surface area contributed by atoms with Crippen LogP contribution in [-0.2, 0) is 6.54 Å². The molecular weight excluding hydrogens is 305 g/mol. The number of halogens is 1. The largest absolute Gasteiger partial charge is 0.492 e. The Labute approximate surface area is 130 Å². The number of benzene rings is 1. The number of hydrogen-bond acceptors (Lipinski definition) is 6. The molecular formula is C15H14FN3O2S. The van der Waals surface area contributed by atoms with Crippen LogP contribution in [0.1, 0.15) is 12.8 Å². The molecule has 0 aliphatic rings. The van der Waals surface area contributed by atoms with Gasteiger partial charge in [0, 0.05) is 6.07 Å². The summed E-state index contributed by atoms with van der Waals surface area (Å²) < 4.78 is 23.9. The molecule has 0 radical (unpaired) electrons. The molecule has 0 atom stereocenters. The molecule has 0 saturated carbocycles. The van der Waals surface area contributed by atoms with Crippen molar-refractivity contribution in [2.75, 3.05) is 11.9 Å². The fraction of sp³-hybridized carbons (Fsp3) is 0.200. The van der Waals surface area contributed by atoms with Crippen molar-refractivity contribution in [3.8, 4) is 16.5 Å². The second-order valence-corrected chi connectivity index (χ2v) is 5.36. The van der Waals surface area contributed by atoms with Crippen molar-refractivity contribution in [1.82, 2.24) is 10.1 Å². The lowest BCUT2D eigenvalue weighted by Gasteiger charge is -2.10. The van der Waals surface area contributed by atoms with Crippen LogP contribution in [0.4, 0.5) is 10.1 Å². The van der Waals surface area contributed by atoms with E-state index in [-0.39, 0.29) is 5.82 Å². The molecule has 1 aromatic carbocycles. The number of nitrogens with one attached hydrogen (secondary N) is 1. The summed E-state index contributed by atoms with van der Waals surface area (Å²) in [6, 6.07) is 8.20. The molecule has 3 aromatic rings. The minimum Gasteiger partial charge on any atom is -0.492 e. The van der Waals surface area contributed by atoms with Crippen molar-refractivity contribution in [1.29, 1.82) is 0 Å². The number of ether oxygens (including phenoxy) is 1. The van der Waals surface area contributed by atoms with Crippen molar-refractivity contribution in [3.63, 3.8) is 0 Å². The van der Waals surface area contributed by atoms with E-state index in [0.29, 0.717) is 36.3 Å². The molecule has 5 nitrogen and oxygen atoms in total. The molecule has 114 valence electrons. The third-order valence-electron chi connectivity index (χ3n) is 2.88. The van der Waals surface area contributed by atoms with Crippen LogP contribution in [0.15, 0.2) is 40.2 Å². The highest BCUT2D eigenvalue weighted by molar-refractivity contribution is 7.13. The van der Waals surface area contributed by atoms with Gasteiger partial charge in [-0.1, -0.05) is 11.2 Å². The predicted octanol–water partition coefficient (Wildman–Crippen LogP) is 3.95. The zero-order chi connectivity index (χ0) is 15.4. The van der Waals surface area contributed by atoms with Gasteiger partial charge in [0.05, 0.1) is 23.7 Å². The van der Waals surface area contributed by atoms with Crippen LogP contribution in [0.5, 0.6) is 5.75 Å². The monoisotopic (exact) mass is 319 g/mol. The lowest BCUT2D eigenvalue weighted by Crippen LogP contribution is -2.03. The van der Waals surface area contributed by atoms with Gasteiger partial charge in [0.15, 0.2) is 0 Å². The molecule has 0 amide bonds. The molecule has 2 aromatic heterocycles. The van der Waals surface area contributed by atoms with Crippen LogP contribution in [0.2, 0.25) is 0 Å². The fourth-order valence-electron chi connectivity index (χ4n) is 1.92. The van der Waals surface area contributed by atoms with Gasteiger partial charge in [-0.2, -0.15) is 4.98 Å². The van der Waals surface area contributed by atoms with Crippen LogP contribution < -0.4 is 10.1 Å². The number of nitrogens with zero attached hydrogens (tertiary/aromatic N) is 2. The zero-order valence-corrected chi connectivity index (χ0v) is 12.7. The molecule has 3 rings (SSSR count). The standard InChI is InChI=1S/C15H14FN3O2S/c1-2-20-12-8-10(16)5-6-11(12)17-9-14-18-15(19-21-14)13-4-3-7-22-13/h3-8,17H,2,9H2,1H3. The van der Waals surface area contributed by atoms with Gasteiger partial charge >= 0.3 is 0 Å². The van der Waals surface area contributed by atoms with Crippen LogP contribution in [0.3, 0.4) is 0 Å². The third kappa shape index (κ3) is 3.25. The van der Waals surface area contributed by atoms with E-state index in [0.717, 1.165) is 4.88 Å². The summed E-state index contributed by atoms with van der Waals surface area (Å²) in [5.74, 6) is 1.14.